The first-order valence-corrected chi connectivity index (χ1v) is 6.07. The Morgan fingerprint density at radius 2 is 2.07 bits per heavy atom. The summed E-state index contributed by atoms with van der Waals surface area (Å²) in [7, 11) is 2.25. The molecule has 0 unspecified atom stereocenters. The van der Waals surface area contributed by atoms with Gasteiger partial charge < -0.3 is 10.2 Å². The van der Waals surface area contributed by atoms with Crippen LogP contribution in [0, 0.1) is 11.8 Å². The second-order valence-corrected chi connectivity index (χ2v) is 5.16. The van der Waals surface area contributed by atoms with Gasteiger partial charge >= 0.3 is 0 Å². The van der Waals surface area contributed by atoms with Crippen molar-refractivity contribution >= 4 is 0 Å². The zero-order chi connectivity index (χ0) is 10.4. The highest BCUT2D eigenvalue weighted by molar-refractivity contribution is 4.72. The van der Waals surface area contributed by atoms with E-state index in [1.807, 2.05) is 0 Å². The molecule has 0 aromatic rings. The summed E-state index contributed by atoms with van der Waals surface area (Å²) in [5.74, 6) is 1.78. The monoisotopic (exact) mass is 198 g/mol. The second-order valence-electron chi connectivity index (χ2n) is 5.16. The lowest BCUT2D eigenvalue weighted by Crippen LogP contribution is -2.35. The molecule has 1 rings (SSSR count). The van der Waals surface area contributed by atoms with Gasteiger partial charge in [0.05, 0.1) is 0 Å². The van der Waals surface area contributed by atoms with Crippen molar-refractivity contribution in [2.24, 2.45) is 11.8 Å². The van der Waals surface area contributed by atoms with Crippen LogP contribution in [-0.4, -0.2) is 38.1 Å². The molecule has 0 aromatic carbocycles. The molecule has 2 nitrogen and oxygen atoms in total. The summed E-state index contributed by atoms with van der Waals surface area (Å²) in [5.41, 5.74) is 0. The van der Waals surface area contributed by atoms with Crippen LogP contribution in [0.15, 0.2) is 0 Å². The lowest BCUT2D eigenvalue weighted by Gasteiger charge is -2.30. The normalized spacial score (nSPS) is 17.8. The van der Waals surface area contributed by atoms with Gasteiger partial charge in [-0.2, -0.15) is 0 Å². The molecule has 0 bridgehead atoms. The second kappa shape index (κ2) is 6.41. The minimum atomic E-state index is 0.770. The van der Waals surface area contributed by atoms with E-state index in [1.165, 1.54) is 32.4 Å². The Morgan fingerprint density at radius 1 is 1.36 bits per heavy atom. The third kappa shape index (κ3) is 4.97. The van der Waals surface area contributed by atoms with E-state index in [1.54, 1.807) is 0 Å². The molecule has 0 atom stereocenters. The fourth-order valence-electron chi connectivity index (χ4n) is 1.87. The molecule has 2 heteroatoms. The Morgan fingerprint density at radius 3 is 2.57 bits per heavy atom. The average molecular weight is 198 g/mol. The minimum Gasteiger partial charge on any atom is -0.315 e. The molecular formula is C12H26N2. The lowest BCUT2D eigenvalue weighted by atomic mass is 9.85. The maximum Gasteiger partial charge on any atom is 0.0104 e. The van der Waals surface area contributed by atoms with Gasteiger partial charge in [-0.1, -0.05) is 20.3 Å². The molecule has 1 aliphatic carbocycles. The van der Waals surface area contributed by atoms with Crippen molar-refractivity contribution in [3.63, 3.8) is 0 Å². The number of nitrogens with zero attached hydrogens (tertiary/aromatic N) is 1. The number of rotatable bonds is 7. The predicted molar refractivity (Wildman–Crippen MR) is 62.5 cm³/mol. The first-order chi connectivity index (χ1) is 6.68. The fraction of sp³-hybridized carbons (Fsp3) is 1.00. The third-order valence-corrected chi connectivity index (χ3v) is 3.02. The Balaban J connectivity index is 1.89. The molecule has 0 amide bonds. The zero-order valence-corrected chi connectivity index (χ0v) is 10.1. The van der Waals surface area contributed by atoms with Crippen LogP contribution in [0.2, 0.25) is 0 Å². The maximum absolute atomic E-state index is 3.48. The van der Waals surface area contributed by atoms with Crippen LogP contribution in [0.4, 0.5) is 0 Å². The summed E-state index contributed by atoms with van der Waals surface area (Å²) in [6, 6.07) is 0. The van der Waals surface area contributed by atoms with Crippen LogP contribution in [0.5, 0.6) is 0 Å². The van der Waals surface area contributed by atoms with Crippen LogP contribution < -0.4 is 5.32 Å². The molecule has 1 saturated carbocycles. The Labute approximate surface area is 89.1 Å². The van der Waals surface area contributed by atoms with Crippen molar-refractivity contribution in [2.45, 2.75) is 33.1 Å². The first-order valence-electron chi connectivity index (χ1n) is 6.07. The van der Waals surface area contributed by atoms with E-state index < -0.39 is 0 Å². The van der Waals surface area contributed by atoms with Crippen LogP contribution in [0.3, 0.4) is 0 Å². The predicted octanol–water partition coefficient (Wildman–Crippen LogP) is 1.96. The van der Waals surface area contributed by atoms with Crippen molar-refractivity contribution in [1.29, 1.82) is 0 Å². The molecule has 1 fully saturated rings. The molecule has 0 saturated heterocycles. The quantitative estimate of drug-likeness (QED) is 0.629. The lowest BCUT2D eigenvalue weighted by molar-refractivity contribution is 0.205. The molecule has 1 N–H and O–H groups in total. The first kappa shape index (κ1) is 12.0. The molecule has 84 valence electrons. The van der Waals surface area contributed by atoms with Gasteiger partial charge in [0.2, 0.25) is 0 Å². The number of nitrogens with one attached hydrogen (secondary N) is 1. The topological polar surface area (TPSA) is 15.3 Å². The van der Waals surface area contributed by atoms with E-state index in [2.05, 4.69) is 31.1 Å². The largest absolute Gasteiger partial charge is 0.315 e. The van der Waals surface area contributed by atoms with E-state index in [0.29, 0.717) is 0 Å². The molecular weight excluding hydrogens is 172 g/mol. The summed E-state index contributed by atoms with van der Waals surface area (Å²) < 4.78 is 0. The summed E-state index contributed by atoms with van der Waals surface area (Å²) in [4.78, 5) is 2.47. The third-order valence-electron chi connectivity index (χ3n) is 3.02. The van der Waals surface area contributed by atoms with Crippen LogP contribution in [0.25, 0.3) is 0 Å². The number of hydrogen-bond acceptors (Lipinski definition) is 2. The number of likely N-dealkylation sites (N-methyl/N-ethyl adjacent to an activating group) is 1. The molecule has 0 aromatic heterocycles. The summed E-state index contributed by atoms with van der Waals surface area (Å²) in [5, 5.41) is 3.48. The Hall–Kier alpha value is -0.0800. The highest BCUT2D eigenvalue weighted by atomic mass is 15.1. The van der Waals surface area contributed by atoms with E-state index in [4.69, 9.17) is 0 Å². The van der Waals surface area contributed by atoms with Crippen LogP contribution in [-0.2, 0) is 0 Å². The van der Waals surface area contributed by atoms with Gasteiger partial charge in [-0.25, -0.2) is 0 Å². The summed E-state index contributed by atoms with van der Waals surface area (Å²) in [6.45, 7) is 9.31. The van der Waals surface area contributed by atoms with Gasteiger partial charge in [0.15, 0.2) is 0 Å². The van der Waals surface area contributed by atoms with Crippen molar-refractivity contribution in [3.05, 3.63) is 0 Å². The van der Waals surface area contributed by atoms with E-state index in [0.717, 1.165) is 24.9 Å². The average Bonchev–Trinajstić information content (AvgIpc) is 2.05. The van der Waals surface area contributed by atoms with Gasteiger partial charge in [0.25, 0.3) is 0 Å². The minimum absolute atomic E-state index is 0.770. The molecule has 0 aliphatic heterocycles. The Bertz CT molecular complexity index is 141. The molecule has 0 spiro atoms. The van der Waals surface area contributed by atoms with E-state index in [-0.39, 0.29) is 0 Å². The molecule has 14 heavy (non-hydrogen) atoms. The SMILES string of the molecule is CC(C)CNCCN(C)CC1CCC1. The van der Waals surface area contributed by atoms with Gasteiger partial charge in [-0.3, -0.25) is 0 Å². The van der Waals surface area contributed by atoms with Crippen molar-refractivity contribution in [3.8, 4) is 0 Å². The molecule has 1 aliphatic rings. The standard InChI is InChI=1S/C12H26N2/c1-11(2)9-13-7-8-14(3)10-12-5-4-6-12/h11-13H,4-10H2,1-3H3. The van der Waals surface area contributed by atoms with Gasteiger partial charge in [-0.15, -0.1) is 0 Å². The van der Waals surface area contributed by atoms with Gasteiger partial charge in [0, 0.05) is 19.6 Å². The highest BCUT2D eigenvalue weighted by Crippen LogP contribution is 2.26. The maximum atomic E-state index is 3.48. The van der Waals surface area contributed by atoms with Crippen molar-refractivity contribution in [2.75, 3.05) is 33.2 Å². The van der Waals surface area contributed by atoms with Gasteiger partial charge in [-0.05, 0) is 38.3 Å². The highest BCUT2D eigenvalue weighted by Gasteiger charge is 2.18. The van der Waals surface area contributed by atoms with E-state index >= 15 is 0 Å². The summed E-state index contributed by atoms with van der Waals surface area (Å²) in [6.07, 6.45) is 4.39. The molecule has 0 radical (unpaired) electrons. The van der Waals surface area contributed by atoms with E-state index in [9.17, 15) is 0 Å². The zero-order valence-electron chi connectivity index (χ0n) is 10.1. The summed E-state index contributed by atoms with van der Waals surface area (Å²) >= 11 is 0. The van der Waals surface area contributed by atoms with Crippen LogP contribution in [0.1, 0.15) is 33.1 Å². The smallest absolute Gasteiger partial charge is 0.0104 e. The van der Waals surface area contributed by atoms with Crippen LogP contribution >= 0.6 is 0 Å². The Kier molecular flexibility index (Phi) is 5.49. The van der Waals surface area contributed by atoms with Gasteiger partial charge in [0.1, 0.15) is 0 Å². The molecule has 0 heterocycles. The van der Waals surface area contributed by atoms with Crippen molar-refractivity contribution < 1.29 is 0 Å². The number of hydrogen-bond donors (Lipinski definition) is 1. The fourth-order valence-corrected chi connectivity index (χ4v) is 1.87. The van der Waals surface area contributed by atoms with Crippen molar-refractivity contribution in [1.82, 2.24) is 10.2 Å².